The second kappa shape index (κ2) is 20.3. The van der Waals surface area contributed by atoms with Crippen LogP contribution in [0, 0.1) is 5.92 Å². The molecule has 0 bridgehead atoms. The van der Waals surface area contributed by atoms with Crippen molar-refractivity contribution in [1.29, 1.82) is 0 Å². The van der Waals surface area contributed by atoms with Crippen LogP contribution in [-0.2, 0) is 9.47 Å². The zero-order valence-corrected chi connectivity index (χ0v) is 12.8. The van der Waals surface area contributed by atoms with Crippen LogP contribution < -0.4 is 0 Å². The van der Waals surface area contributed by atoms with E-state index in [1.807, 2.05) is 27.7 Å². The van der Waals surface area contributed by atoms with Gasteiger partial charge < -0.3 is 9.47 Å². The Hall–Kier alpha value is -0.0800. The molecule has 0 N–H and O–H groups in total. The van der Waals surface area contributed by atoms with E-state index in [0.717, 1.165) is 0 Å². The number of hydrogen-bond donors (Lipinski definition) is 0. The average Bonchev–Trinajstić information content (AvgIpc) is 2.36. The van der Waals surface area contributed by atoms with Gasteiger partial charge >= 0.3 is 0 Å². The summed E-state index contributed by atoms with van der Waals surface area (Å²) < 4.78 is 10.5. The first kappa shape index (κ1) is 21.2. The molecule has 0 saturated heterocycles. The smallest absolute Gasteiger partial charge is 0.159 e. The van der Waals surface area contributed by atoms with Gasteiger partial charge in [0, 0.05) is 20.1 Å². The van der Waals surface area contributed by atoms with Crippen molar-refractivity contribution in [1.82, 2.24) is 0 Å². The quantitative estimate of drug-likeness (QED) is 0.585. The van der Waals surface area contributed by atoms with E-state index in [2.05, 4.69) is 13.8 Å². The molecule has 0 heterocycles. The van der Waals surface area contributed by atoms with E-state index in [9.17, 15) is 0 Å². The SMILES string of the molecule is CC.CC.CCCC(CCC)C(OC)OC. The molecule has 2 heteroatoms. The minimum absolute atomic E-state index is 0.00935. The summed E-state index contributed by atoms with van der Waals surface area (Å²) in [6.07, 6.45) is 4.78. The molecule has 0 radical (unpaired) electrons. The van der Waals surface area contributed by atoms with Gasteiger partial charge in [-0.2, -0.15) is 0 Å². The summed E-state index contributed by atoms with van der Waals surface area (Å²) in [4.78, 5) is 0. The van der Waals surface area contributed by atoms with Crippen molar-refractivity contribution in [2.24, 2.45) is 5.92 Å². The fourth-order valence-electron chi connectivity index (χ4n) is 1.64. The van der Waals surface area contributed by atoms with Crippen molar-refractivity contribution < 1.29 is 9.47 Å². The molecular formula is C14H34O2. The normalized spacial score (nSPS) is 9.38. The third kappa shape index (κ3) is 12.0. The molecule has 0 saturated carbocycles. The highest BCUT2D eigenvalue weighted by Gasteiger charge is 2.18. The average molecular weight is 234 g/mol. The van der Waals surface area contributed by atoms with Crippen LogP contribution in [0.5, 0.6) is 0 Å². The molecule has 0 aliphatic carbocycles. The third-order valence-corrected chi connectivity index (χ3v) is 2.17. The van der Waals surface area contributed by atoms with Gasteiger partial charge in [-0.25, -0.2) is 0 Å². The van der Waals surface area contributed by atoms with Crippen molar-refractivity contribution in [3.63, 3.8) is 0 Å². The minimum atomic E-state index is -0.00935. The van der Waals surface area contributed by atoms with Gasteiger partial charge in [-0.05, 0) is 12.8 Å². The molecule has 0 aromatic heterocycles. The fourth-order valence-corrected chi connectivity index (χ4v) is 1.64. The second-order valence-corrected chi connectivity index (χ2v) is 3.18. The lowest BCUT2D eigenvalue weighted by Crippen LogP contribution is -2.24. The maximum Gasteiger partial charge on any atom is 0.159 e. The maximum absolute atomic E-state index is 5.24. The van der Waals surface area contributed by atoms with E-state index in [1.54, 1.807) is 14.2 Å². The van der Waals surface area contributed by atoms with Crippen LogP contribution >= 0.6 is 0 Å². The Labute approximate surface area is 104 Å². The summed E-state index contributed by atoms with van der Waals surface area (Å²) >= 11 is 0. The van der Waals surface area contributed by atoms with Gasteiger partial charge in [-0.1, -0.05) is 54.4 Å². The summed E-state index contributed by atoms with van der Waals surface area (Å²) in [5.74, 6) is 0.565. The standard InChI is InChI=1S/C10H22O2.2C2H6/c1-5-7-9(8-6-2)10(11-3)12-4;2*1-2/h9-10H,5-8H2,1-4H3;2*1-2H3. The molecule has 0 aromatic carbocycles. The second-order valence-electron chi connectivity index (χ2n) is 3.18. The predicted molar refractivity (Wildman–Crippen MR) is 73.8 cm³/mol. The van der Waals surface area contributed by atoms with Crippen LogP contribution in [0.15, 0.2) is 0 Å². The Morgan fingerprint density at radius 1 is 0.750 bits per heavy atom. The highest BCUT2D eigenvalue weighted by atomic mass is 16.7. The lowest BCUT2D eigenvalue weighted by Gasteiger charge is -2.23. The Kier molecular flexibility index (Phi) is 27.0. The summed E-state index contributed by atoms with van der Waals surface area (Å²) in [5.41, 5.74) is 0. The number of rotatable bonds is 7. The van der Waals surface area contributed by atoms with Crippen LogP contribution in [0.3, 0.4) is 0 Å². The van der Waals surface area contributed by atoms with Gasteiger partial charge in [0.1, 0.15) is 0 Å². The fraction of sp³-hybridized carbons (Fsp3) is 1.00. The zero-order chi connectivity index (χ0) is 13.4. The molecule has 0 rings (SSSR count). The first-order chi connectivity index (χ1) is 7.79. The molecule has 0 fully saturated rings. The molecule has 0 atom stereocenters. The highest BCUT2D eigenvalue weighted by molar-refractivity contribution is 4.61. The van der Waals surface area contributed by atoms with Gasteiger partial charge in [0.05, 0.1) is 0 Å². The summed E-state index contributed by atoms with van der Waals surface area (Å²) in [6.45, 7) is 12.4. The minimum Gasteiger partial charge on any atom is -0.356 e. The molecule has 16 heavy (non-hydrogen) atoms. The summed E-state index contributed by atoms with van der Waals surface area (Å²) in [7, 11) is 3.43. The Bertz CT molecular complexity index is 84.7. The molecule has 2 nitrogen and oxygen atoms in total. The summed E-state index contributed by atoms with van der Waals surface area (Å²) in [5, 5.41) is 0. The van der Waals surface area contributed by atoms with E-state index in [1.165, 1.54) is 25.7 Å². The first-order valence-corrected chi connectivity index (χ1v) is 6.85. The van der Waals surface area contributed by atoms with E-state index in [-0.39, 0.29) is 6.29 Å². The van der Waals surface area contributed by atoms with Crippen molar-refractivity contribution in [3.8, 4) is 0 Å². The number of ether oxygens (including phenoxy) is 2. The third-order valence-electron chi connectivity index (χ3n) is 2.17. The molecule has 102 valence electrons. The van der Waals surface area contributed by atoms with Crippen molar-refractivity contribution in [2.75, 3.05) is 14.2 Å². The van der Waals surface area contributed by atoms with Gasteiger partial charge in [-0.3, -0.25) is 0 Å². The van der Waals surface area contributed by atoms with Crippen LogP contribution in [0.1, 0.15) is 67.2 Å². The van der Waals surface area contributed by atoms with E-state index in [0.29, 0.717) is 5.92 Å². The molecule has 0 spiro atoms. The molecule has 0 unspecified atom stereocenters. The topological polar surface area (TPSA) is 18.5 Å². The van der Waals surface area contributed by atoms with E-state index < -0.39 is 0 Å². The lowest BCUT2D eigenvalue weighted by atomic mass is 9.98. The van der Waals surface area contributed by atoms with Gasteiger partial charge in [0.15, 0.2) is 6.29 Å². The number of methoxy groups -OCH3 is 2. The molecular weight excluding hydrogens is 200 g/mol. The summed E-state index contributed by atoms with van der Waals surface area (Å²) in [6, 6.07) is 0. The van der Waals surface area contributed by atoms with Crippen molar-refractivity contribution in [3.05, 3.63) is 0 Å². The lowest BCUT2D eigenvalue weighted by molar-refractivity contribution is -0.140. The zero-order valence-electron chi connectivity index (χ0n) is 12.8. The Morgan fingerprint density at radius 2 is 1.06 bits per heavy atom. The molecule has 0 amide bonds. The van der Waals surface area contributed by atoms with Crippen LogP contribution in [0.25, 0.3) is 0 Å². The Balaban J connectivity index is -0.000000376. The first-order valence-electron chi connectivity index (χ1n) is 6.85. The van der Waals surface area contributed by atoms with Crippen molar-refractivity contribution in [2.45, 2.75) is 73.5 Å². The maximum atomic E-state index is 5.24. The van der Waals surface area contributed by atoms with Gasteiger partial charge in [-0.15, -0.1) is 0 Å². The number of hydrogen-bond acceptors (Lipinski definition) is 2. The predicted octanol–water partition coefficient (Wildman–Crippen LogP) is 4.87. The van der Waals surface area contributed by atoms with E-state index >= 15 is 0 Å². The molecule has 0 aliphatic rings. The van der Waals surface area contributed by atoms with Crippen molar-refractivity contribution >= 4 is 0 Å². The van der Waals surface area contributed by atoms with E-state index in [4.69, 9.17) is 9.47 Å². The van der Waals surface area contributed by atoms with Gasteiger partial charge in [0.25, 0.3) is 0 Å². The Morgan fingerprint density at radius 3 is 1.25 bits per heavy atom. The van der Waals surface area contributed by atoms with Crippen LogP contribution in [-0.4, -0.2) is 20.5 Å². The van der Waals surface area contributed by atoms with Crippen LogP contribution in [0.2, 0.25) is 0 Å². The van der Waals surface area contributed by atoms with Crippen LogP contribution in [0.4, 0.5) is 0 Å². The molecule has 0 aromatic rings. The molecule has 0 aliphatic heterocycles. The monoisotopic (exact) mass is 234 g/mol. The largest absolute Gasteiger partial charge is 0.356 e. The van der Waals surface area contributed by atoms with Gasteiger partial charge in [0.2, 0.25) is 0 Å². The highest BCUT2D eigenvalue weighted by Crippen LogP contribution is 2.20.